The number of rotatable bonds is 6. The molecule has 2 aromatic carbocycles. The summed E-state index contributed by atoms with van der Waals surface area (Å²) in [7, 11) is 4.03. The molecule has 1 unspecified atom stereocenters. The Morgan fingerprint density at radius 3 is 2.60 bits per heavy atom. The first kappa shape index (κ1) is 20.5. The van der Waals surface area contributed by atoms with Crippen molar-refractivity contribution in [1.29, 1.82) is 0 Å². The molecule has 2 aliphatic rings. The molecule has 2 aromatic rings. The van der Waals surface area contributed by atoms with Gasteiger partial charge in [-0.15, -0.1) is 5.10 Å². The standard InChI is InChI=1S/C23H27N5OS/c1-4-5-8-15-30-23-25-22(29)20-18-9-6-7-10-19(18)24-21(28(20)26-23)16-11-13-17(14-12-16)27(2)3/h6-7,9-14,21H,4-5,8,15H2,1-3H3,(H,25,26,29). The molecule has 2 heterocycles. The van der Waals surface area contributed by atoms with Crippen molar-refractivity contribution < 1.29 is 4.79 Å². The highest BCUT2D eigenvalue weighted by molar-refractivity contribution is 8.13. The van der Waals surface area contributed by atoms with Crippen LogP contribution >= 0.6 is 11.8 Å². The third-order valence-electron chi connectivity index (χ3n) is 5.21. The Balaban J connectivity index is 1.75. The number of hydrogen-bond acceptors (Lipinski definition) is 6. The SMILES string of the molecule is CCCCCSC1=NN2C(=c3ccccc3=NC2c2ccc(N(C)C)cc2)C(=O)N1. The third-order valence-corrected chi connectivity index (χ3v) is 6.16. The minimum absolute atomic E-state index is 0.125. The van der Waals surface area contributed by atoms with Crippen LogP contribution in [0.15, 0.2) is 58.6 Å². The minimum atomic E-state index is -0.372. The summed E-state index contributed by atoms with van der Waals surface area (Å²) in [5, 5.41) is 11.8. The first-order chi connectivity index (χ1) is 14.6. The van der Waals surface area contributed by atoms with Crippen molar-refractivity contribution in [2.24, 2.45) is 10.1 Å². The number of hydrogen-bond donors (Lipinski definition) is 1. The van der Waals surface area contributed by atoms with E-state index in [0.29, 0.717) is 10.9 Å². The average molecular weight is 422 g/mol. The number of benzene rings is 2. The van der Waals surface area contributed by atoms with Crippen LogP contribution in [0.25, 0.3) is 5.70 Å². The molecule has 30 heavy (non-hydrogen) atoms. The fourth-order valence-corrected chi connectivity index (χ4v) is 4.43. The molecule has 0 aliphatic carbocycles. The first-order valence-corrected chi connectivity index (χ1v) is 11.3. The second-order valence-electron chi connectivity index (χ2n) is 7.61. The van der Waals surface area contributed by atoms with E-state index in [1.165, 1.54) is 12.8 Å². The van der Waals surface area contributed by atoms with Crippen molar-refractivity contribution in [3.63, 3.8) is 0 Å². The van der Waals surface area contributed by atoms with E-state index in [1.807, 2.05) is 38.4 Å². The number of unbranched alkanes of at least 4 members (excludes halogenated alkanes) is 2. The lowest BCUT2D eigenvalue weighted by molar-refractivity contribution is -0.116. The molecular formula is C23H27N5OS. The van der Waals surface area contributed by atoms with Gasteiger partial charge in [-0.3, -0.25) is 15.1 Å². The fourth-order valence-electron chi connectivity index (χ4n) is 3.57. The lowest BCUT2D eigenvalue weighted by Crippen LogP contribution is -2.50. The fraction of sp³-hybridized carbons (Fsp3) is 0.348. The second kappa shape index (κ2) is 8.92. The van der Waals surface area contributed by atoms with E-state index >= 15 is 0 Å². The summed E-state index contributed by atoms with van der Waals surface area (Å²) < 4.78 is 0. The number of carbonyl (C=O) groups is 1. The van der Waals surface area contributed by atoms with Crippen molar-refractivity contribution in [2.45, 2.75) is 32.4 Å². The molecule has 0 saturated carbocycles. The first-order valence-electron chi connectivity index (χ1n) is 10.3. The Kier molecular flexibility index (Phi) is 6.08. The molecule has 6 nitrogen and oxygen atoms in total. The molecule has 7 heteroatoms. The van der Waals surface area contributed by atoms with E-state index < -0.39 is 0 Å². The number of nitrogens with zero attached hydrogens (tertiary/aromatic N) is 4. The number of fused-ring (bicyclic) bond motifs is 2. The Bertz CT molecular complexity index is 1080. The Hall–Kier alpha value is -2.80. The average Bonchev–Trinajstić information content (AvgIpc) is 2.76. The van der Waals surface area contributed by atoms with E-state index in [1.54, 1.807) is 16.8 Å². The number of para-hydroxylation sites is 1. The number of thioether (sulfide) groups is 1. The highest BCUT2D eigenvalue weighted by Gasteiger charge is 2.34. The molecule has 1 amide bonds. The molecule has 4 rings (SSSR count). The monoisotopic (exact) mass is 421 g/mol. The summed E-state index contributed by atoms with van der Waals surface area (Å²) in [5.74, 6) is 0.812. The van der Waals surface area contributed by atoms with Crippen LogP contribution in [0.2, 0.25) is 0 Å². The molecule has 0 spiro atoms. The van der Waals surface area contributed by atoms with Crippen LogP contribution in [0.5, 0.6) is 0 Å². The van der Waals surface area contributed by atoms with Gasteiger partial charge in [-0.25, -0.2) is 5.01 Å². The van der Waals surface area contributed by atoms with Crippen molar-refractivity contribution in [1.82, 2.24) is 10.3 Å². The molecule has 156 valence electrons. The van der Waals surface area contributed by atoms with Gasteiger partial charge >= 0.3 is 0 Å². The number of nitrogens with one attached hydrogen (secondary N) is 1. The van der Waals surface area contributed by atoms with Gasteiger partial charge in [0.05, 0.1) is 5.36 Å². The maximum atomic E-state index is 13.1. The van der Waals surface area contributed by atoms with Crippen molar-refractivity contribution in [3.8, 4) is 0 Å². The molecule has 0 bridgehead atoms. The highest BCUT2D eigenvalue weighted by Crippen LogP contribution is 2.31. The van der Waals surface area contributed by atoms with E-state index in [9.17, 15) is 4.79 Å². The number of anilines is 1. The van der Waals surface area contributed by atoms with Crippen LogP contribution < -0.4 is 20.8 Å². The smallest absolute Gasteiger partial charge is 0.276 e. The zero-order chi connectivity index (χ0) is 21.1. The summed E-state index contributed by atoms with van der Waals surface area (Å²) >= 11 is 1.60. The van der Waals surface area contributed by atoms with Gasteiger partial charge in [0.15, 0.2) is 11.3 Å². The predicted molar refractivity (Wildman–Crippen MR) is 124 cm³/mol. The quantitative estimate of drug-likeness (QED) is 0.729. The summed E-state index contributed by atoms with van der Waals surface area (Å²) in [5.41, 5.74) is 2.67. The second-order valence-corrected chi connectivity index (χ2v) is 8.70. The summed E-state index contributed by atoms with van der Waals surface area (Å²) in [4.78, 5) is 20.1. The van der Waals surface area contributed by atoms with E-state index in [4.69, 9.17) is 10.1 Å². The molecule has 1 N–H and O–H groups in total. The molecule has 0 saturated heterocycles. The zero-order valence-electron chi connectivity index (χ0n) is 17.6. The molecule has 0 aromatic heterocycles. The van der Waals surface area contributed by atoms with Crippen LogP contribution in [0.3, 0.4) is 0 Å². The van der Waals surface area contributed by atoms with Gasteiger partial charge in [0.2, 0.25) is 0 Å². The molecular weight excluding hydrogens is 394 g/mol. The Morgan fingerprint density at radius 1 is 1.10 bits per heavy atom. The summed E-state index contributed by atoms with van der Waals surface area (Å²) in [6.07, 6.45) is 3.08. The van der Waals surface area contributed by atoms with Crippen LogP contribution in [0.1, 0.15) is 37.9 Å². The van der Waals surface area contributed by atoms with Crippen molar-refractivity contribution >= 4 is 34.2 Å². The van der Waals surface area contributed by atoms with Gasteiger partial charge < -0.3 is 4.90 Å². The van der Waals surface area contributed by atoms with Crippen molar-refractivity contribution in [2.75, 3.05) is 24.7 Å². The molecule has 1 atom stereocenters. The lowest BCUT2D eigenvalue weighted by Gasteiger charge is -2.34. The van der Waals surface area contributed by atoms with Gasteiger partial charge in [0.25, 0.3) is 5.91 Å². The maximum absolute atomic E-state index is 13.1. The topological polar surface area (TPSA) is 60.3 Å². The Morgan fingerprint density at radius 2 is 1.87 bits per heavy atom. The number of amidine groups is 1. The van der Waals surface area contributed by atoms with E-state index in [0.717, 1.165) is 34.0 Å². The minimum Gasteiger partial charge on any atom is -0.378 e. The molecule has 2 aliphatic heterocycles. The number of amides is 1. The predicted octanol–water partition coefficient (Wildman–Crippen LogP) is 2.82. The highest BCUT2D eigenvalue weighted by atomic mass is 32.2. The van der Waals surface area contributed by atoms with Gasteiger partial charge in [0.1, 0.15) is 5.70 Å². The van der Waals surface area contributed by atoms with Crippen LogP contribution in [-0.4, -0.2) is 35.9 Å². The van der Waals surface area contributed by atoms with Crippen LogP contribution in [0.4, 0.5) is 5.69 Å². The molecule has 0 radical (unpaired) electrons. The maximum Gasteiger partial charge on any atom is 0.276 e. The van der Waals surface area contributed by atoms with Crippen LogP contribution in [0, 0.1) is 0 Å². The largest absolute Gasteiger partial charge is 0.378 e. The Labute approximate surface area is 181 Å². The third kappa shape index (κ3) is 4.07. The van der Waals surface area contributed by atoms with Gasteiger partial charge in [0, 0.05) is 30.8 Å². The summed E-state index contributed by atoms with van der Waals surface area (Å²) in [6, 6.07) is 16.0. The van der Waals surface area contributed by atoms with Gasteiger partial charge in [-0.1, -0.05) is 61.9 Å². The van der Waals surface area contributed by atoms with Crippen molar-refractivity contribution in [3.05, 3.63) is 64.7 Å². The number of hydrazone groups is 1. The van der Waals surface area contributed by atoms with E-state index in [2.05, 4.69) is 41.4 Å². The van der Waals surface area contributed by atoms with Gasteiger partial charge in [-0.2, -0.15) is 0 Å². The summed E-state index contributed by atoms with van der Waals surface area (Å²) in [6.45, 7) is 2.19. The normalized spacial score (nSPS) is 17.5. The van der Waals surface area contributed by atoms with E-state index in [-0.39, 0.29) is 12.1 Å². The number of carbonyl (C=O) groups excluding carboxylic acids is 1. The van der Waals surface area contributed by atoms with Crippen LogP contribution in [-0.2, 0) is 4.79 Å². The lowest BCUT2D eigenvalue weighted by atomic mass is 10.1. The molecule has 0 fully saturated rings. The van der Waals surface area contributed by atoms with Gasteiger partial charge in [-0.05, 0) is 30.2 Å². The zero-order valence-corrected chi connectivity index (χ0v) is 18.4.